The number of carbonyl (C=O) groups is 1. The van der Waals surface area contributed by atoms with Gasteiger partial charge in [0.1, 0.15) is 17.9 Å². The Kier molecular flexibility index (Phi) is 4.03. The number of carbonyl (C=O) groups excluding carboxylic acids is 1. The fourth-order valence-electron chi connectivity index (χ4n) is 3.94. The van der Waals surface area contributed by atoms with E-state index in [9.17, 15) is 4.79 Å². The maximum Gasteiger partial charge on any atom is 0.258 e. The molecule has 1 amide bonds. The molecule has 4 heterocycles. The van der Waals surface area contributed by atoms with Crippen molar-refractivity contribution in [3.63, 3.8) is 0 Å². The second kappa shape index (κ2) is 6.38. The maximum atomic E-state index is 13.5. The number of halogens is 1. The predicted molar refractivity (Wildman–Crippen MR) is 108 cm³/mol. The van der Waals surface area contributed by atoms with Gasteiger partial charge in [-0.15, -0.1) is 0 Å². The molecule has 29 heavy (non-hydrogen) atoms. The third-order valence-electron chi connectivity index (χ3n) is 6.15. The van der Waals surface area contributed by atoms with Gasteiger partial charge < -0.3 is 14.2 Å². The highest BCUT2D eigenvalue weighted by Gasteiger charge is 2.43. The topological polar surface area (TPSA) is 88.3 Å². The Bertz CT molecular complexity index is 1140. The number of aryl methyl sites for hydroxylation is 1. The molecule has 0 aromatic carbocycles. The van der Waals surface area contributed by atoms with Crippen LogP contribution in [0.25, 0.3) is 11.1 Å². The number of rotatable bonds is 3. The third kappa shape index (κ3) is 2.93. The monoisotopic (exact) mass is 412 g/mol. The van der Waals surface area contributed by atoms with Gasteiger partial charge in [-0.25, -0.2) is 19.9 Å². The van der Waals surface area contributed by atoms with Crippen molar-refractivity contribution in [3.8, 4) is 0 Å². The van der Waals surface area contributed by atoms with E-state index in [0.717, 1.165) is 29.9 Å². The molecule has 0 N–H and O–H groups in total. The number of hydrogen-bond acceptors (Lipinski definition) is 7. The van der Waals surface area contributed by atoms with Crippen molar-refractivity contribution >= 4 is 34.4 Å². The van der Waals surface area contributed by atoms with Crippen molar-refractivity contribution in [2.45, 2.75) is 45.2 Å². The highest BCUT2D eigenvalue weighted by Crippen LogP contribution is 2.44. The number of fused-ring (bicyclic) bond motifs is 2. The lowest BCUT2D eigenvalue weighted by Crippen LogP contribution is -2.37. The molecule has 0 spiro atoms. The number of nitrogens with zero attached hydrogens (tertiary/aromatic N) is 6. The second-order valence-electron chi connectivity index (χ2n) is 8.05. The summed E-state index contributed by atoms with van der Waals surface area (Å²) in [6.07, 6.45) is 6.02. The molecule has 0 saturated heterocycles. The van der Waals surface area contributed by atoms with Crippen molar-refractivity contribution in [1.29, 1.82) is 0 Å². The first kappa shape index (κ1) is 18.3. The van der Waals surface area contributed by atoms with Gasteiger partial charge in [-0.3, -0.25) is 4.79 Å². The quantitative estimate of drug-likeness (QED) is 0.610. The fourth-order valence-corrected chi connectivity index (χ4v) is 4.09. The van der Waals surface area contributed by atoms with Crippen LogP contribution in [0.1, 0.15) is 47.1 Å². The minimum atomic E-state index is -0.0905. The average molecular weight is 413 g/mol. The van der Waals surface area contributed by atoms with Crippen molar-refractivity contribution in [2.75, 3.05) is 18.5 Å². The zero-order valence-electron chi connectivity index (χ0n) is 16.6. The van der Waals surface area contributed by atoms with Gasteiger partial charge in [0, 0.05) is 43.9 Å². The molecule has 5 rings (SSSR count). The summed E-state index contributed by atoms with van der Waals surface area (Å²) in [6, 6.07) is 0. The van der Waals surface area contributed by atoms with Gasteiger partial charge in [0.15, 0.2) is 0 Å². The Morgan fingerprint density at radius 3 is 2.86 bits per heavy atom. The van der Waals surface area contributed by atoms with E-state index in [4.69, 9.17) is 16.0 Å². The maximum absolute atomic E-state index is 13.5. The summed E-state index contributed by atoms with van der Waals surface area (Å²) in [5.41, 5.74) is 2.85. The Morgan fingerprint density at radius 1 is 1.31 bits per heavy atom. The minimum Gasteiger partial charge on any atom is -0.442 e. The molecule has 2 aliphatic rings. The lowest BCUT2D eigenvalue weighted by atomic mass is 10.0. The van der Waals surface area contributed by atoms with Gasteiger partial charge in [0.2, 0.25) is 11.0 Å². The summed E-state index contributed by atoms with van der Waals surface area (Å²) in [5, 5.41) is 0.919. The predicted octanol–water partition coefficient (Wildman–Crippen LogP) is 3.16. The molecule has 1 aliphatic carbocycles. The number of furan rings is 1. The van der Waals surface area contributed by atoms with E-state index in [1.807, 2.05) is 7.05 Å². The summed E-state index contributed by atoms with van der Waals surface area (Å²) in [4.78, 5) is 34.6. The summed E-state index contributed by atoms with van der Waals surface area (Å²) >= 11 is 5.90. The molecule has 3 aromatic heterocycles. The van der Waals surface area contributed by atoms with Crippen LogP contribution in [0.2, 0.25) is 5.28 Å². The zero-order valence-corrected chi connectivity index (χ0v) is 17.3. The Balaban J connectivity index is 1.55. The van der Waals surface area contributed by atoms with E-state index in [-0.39, 0.29) is 16.7 Å². The van der Waals surface area contributed by atoms with Crippen LogP contribution in [0, 0.1) is 6.92 Å². The van der Waals surface area contributed by atoms with Crippen molar-refractivity contribution in [3.05, 3.63) is 40.4 Å². The van der Waals surface area contributed by atoms with Crippen LogP contribution < -0.4 is 4.90 Å². The first-order valence-corrected chi connectivity index (χ1v) is 10.0. The third-order valence-corrected chi connectivity index (χ3v) is 6.33. The smallest absolute Gasteiger partial charge is 0.258 e. The molecule has 8 nitrogen and oxygen atoms in total. The van der Waals surface area contributed by atoms with Crippen LogP contribution >= 0.6 is 11.6 Å². The number of anilines is 1. The molecular weight excluding hydrogens is 392 g/mol. The van der Waals surface area contributed by atoms with Gasteiger partial charge in [0.25, 0.3) is 5.91 Å². The summed E-state index contributed by atoms with van der Waals surface area (Å²) in [7, 11) is 2.02. The van der Waals surface area contributed by atoms with E-state index < -0.39 is 0 Å². The second-order valence-corrected chi connectivity index (χ2v) is 8.39. The molecule has 3 aromatic rings. The summed E-state index contributed by atoms with van der Waals surface area (Å²) in [6.45, 7) is 5.00. The van der Waals surface area contributed by atoms with E-state index in [0.29, 0.717) is 41.9 Å². The Hall–Kier alpha value is -2.74. The van der Waals surface area contributed by atoms with Crippen molar-refractivity contribution < 1.29 is 9.21 Å². The highest BCUT2D eigenvalue weighted by atomic mass is 35.5. The SMILES string of the molecule is Cc1oc2ncnc(N(C)C3(C)CC3)c2c1C(=O)N1CCc2nc(Cl)ncc2C1. The molecule has 150 valence electrons. The first-order chi connectivity index (χ1) is 13.9. The number of aromatic nitrogens is 4. The molecule has 0 bridgehead atoms. The van der Waals surface area contributed by atoms with Crippen LogP contribution in [0.5, 0.6) is 0 Å². The normalized spacial score (nSPS) is 17.3. The molecule has 1 fully saturated rings. The number of hydrogen-bond donors (Lipinski definition) is 0. The van der Waals surface area contributed by atoms with Crippen molar-refractivity contribution in [1.82, 2.24) is 24.8 Å². The standard InChI is InChI=1S/C20H21ClN6O2/c1-11-14(18(28)27-7-4-13-12(9-27)8-22-19(21)25-13)15-16(23-10-24-17(15)29-11)26(3)20(2)5-6-20/h8,10H,4-7,9H2,1-3H3. The van der Waals surface area contributed by atoms with E-state index >= 15 is 0 Å². The number of amides is 1. The van der Waals surface area contributed by atoms with Crippen LogP contribution in [-0.2, 0) is 13.0 Å². The first-order valence-electron chi connectivity index (χ1n) is 9.65. The van der Waals surface area contributed by atoms with Gasteiger partial charge in [-0.2, -0.15) is 0 Å². The van der Waals surface area contributed by atoms with Crippen LogP contribution in [0.15, 0.2) is 16.9 Å². The molecular formula is C20H21ClN6O2. The van der Waals surface area contributed by atoms with Gasteiger partial charge >= 0.3 is 0 Å². The van der Waals surface area contributed by atoms with Crippen LogP contribution in [0.4, 0.5) is 5.82 Å². The van der Waals surface area contributed by atoms with Crippen LogP contribution in [0.3, 0.4) is 0 Å². The van der Waals surface area contributed by atoms with E-state index in [1.54, 1.807) is 18.0 Å². The molecule has 1 aliphatic heterocycles. The van der Waals surface area contributed by atoms with Crippen molar-refractivity contribution in [2.24, 2.45) is 0 Å². The lowest BCUT2D eigenvalue weighted by Gasteiger charge is -2.29. The Labute approximate surface area is 172 Å². The summed E-state index contributed by atoms with van der Waals surface area (Å²) < 4.78 is 5.85. The highest BCUT2D eigenvalue weighted by molar-refractivity contribution is 6.28. The Morgan fingerprint density at radius 2 is 2.10 bits per heavy atom. The van der Waals surface area contributed by atoms with Gasteiger partial charge in [0.05, 0.1) is 16.6 Å². The largest absolute Gasteiger partial charge is 0.442 e. The minimum absolute atomic E-state index is 0.0629. The fraction of sp³-hybridized carbons (Fsp3) is 0.450. The van der Waals surface area contributed by atoms with Crippen LogP contribution in [-0.4, -0.2) is 49.9 Å². The van der Waals surface area contributed by atoms with E-state index in [2.05, 4.69) is 31.8 Å². The lowest BCUT2D eigenvalue weighted by molar-refractivity contribution is 0.0733. The summed E-state index contributed by atoms with van der Waals surface area (Å²) in [5.74, 6) is 1.20. The molecule has 1 saturated carbocycles. The zero-order chi connectivity index (χ0) is 20.3. The molecule has 0 unspecified atom stereocenters. The van der Waals surface area contributed by atoms with E-state index in [1.165, 1.54) is 6.33 Å². The molecule has 9 heteroatoms. The van der Waals surface area contributed by atoms with Gasteiger partial charge in [-0.05, 0) is 38.3 Å². The van der Waals surface area contributed by atoms with Gasteiger partial charge in [-0.1, -0.05) is 0 Å². The molecule has 0 atom stereocenters. The molecule has 0 radical (unpaired) electrons. The average Bonchev–Trinajstić information content (AvgIpc) is 3.37.